The Balaban J connectivity index is 3.09. The van der Waals surface area contributed by atoms with Gasteiger partial charge in [0.1, 0.15) is 11.6 Å². The molecule has 1 aromatic rings. The Bertz CT molecular complexity index is 284. The van der Waals surface area contributed by atoms with E-state index in [1.54, 1.807) is 0 Å². The van der Waals surface area contributed by atoms with Crippen molar-refractivity contribution in [1.82, 2.24) is 0 Å². The van der Waals surface area contributed by atoms with Gasteiger partial charge in [-0.2, -0.15) is 0 Å². The quantitative estimate of drug-likeness (QED) is 0.680. The summed E-state index contributed by atoms with van der Waals surface area (Å²) in [4.78, 5) is 0. The SMILES string of the molecule is CCCc1cc(F)cc(F)c1N. The third-order valence-corrected chi connectivity index (χ3v) is 1.70. The fraction of sp³-hybridized carbons (Fsp3) is 0.333. The second kappa shape index (κ2) is 3.52. The van der Waals surface area contributed by atoms with Crippen LogP contribution >= 0.6 is 0 Å². The molecule has 0 atom stereocenters. The van der Waals surface area contributed by atoms with Gasteiger partial charge in [-0.1, -0.05) is 13.3 Å². The third kappa shape index (κ3) is 1.72. The molecule has 0 aliphatic carbocycles. The normalized spacial score (nSPS) is 10.2. The summed E-state index contributed by atoms with van der Waals surface area (Å²) in [5, 5.41) is 0. The average molecular weight is 171 g/mol. The molecule has 2 N–H and O–H groups in total. The van der Waals surface area contributed by atoms with Crippen LogP contribution in [0.5, 0.6) is 0 Å². The lowest BCUT2D eigenvalue weighted by Crippen LogP contribution is -1.99. The summed E-state index contributed by atoms with van der Waals surface area (Å²) in [6, 6.07) is 2.08. The van der Waals surface area contributed by atoms with Crippen LogP contribution in [-0.2, 0) is 6.42 Å². The maximum atomic E-state index is 12.8. The van der Waals surface area contributed by atoms with Crippen LogP contribution in [0.3, 0.4) is 0 Å². The number of aryl methyl sites for hydroxylation is 1. The maximum Gasteiger partial charge on any atom is 0.149 e. The van der Waals surface area contributed by atoms with Crippen LogP contribution in [0.1, 0.15) is 18.9 Å². The lowest BCUT2D eigenvalue weighted by molar-refractivity contribution is 0.582. The molecule has 1 aromatic carbocycles. The van der Waals surface area contributed by atoms with Crippen molar-refractivity contribution in [3.8, 4) is 0 Å². The molecule has 0 spiro atoms. The zero-order valence-corrected chi connectivity index (χ0v) is 6.90. The monoisotopic (exact) mass is 171 g/mol. The first-order chi connectivity index (χ1) is 5.65. The van der Waals surface area contributed by atoms with Gasteiger partial charge in [0.15, 0.2) is 0 Å². The standard InChI is InChI=1S/C9H11F2N/c1-2-3-6-4-7(10)5-8(11)9(6)12/h4-5H,2-3,12H2,1H3. The van der Waals surface area contributed by atoms with Crippen LogP contribution in [0.15, 0.2) is 12.1 Å². The first-order valence-electron chi connectivity index (χ1n) is 3.88. The van der Waals surface area contributed by atoms with Crippen LogP contribution in [0.2, 0.25) is 0 Å². The van der Waals surface area contributed by atoms with Crippen molar-refractivity contribution >= 4 is 5.69 Å². The van der Waals surface area contributed by atoms with Crippen molar-refractivity contribution in [3.05, 3.63) is 29.3 Å². The zero-order chi connectivity index (χ0) is 9.14. The van der Waals surface area contributed by atoms with E-state index >= 15 is 0 Å². The van der Waals surface area contributed by atoms with Crippen molar-refractivity contribution in [1.29, 1.82) is 0 Å². The van der Waals surface area contributed by atoms with E-state index in [1.165, 1.54) is 6.07 Å². The largest absolute Gasteiger partial charge is 0.396 e. The molecule has 0 saturated heterocycles. The smallest absolute Gasteiger partial charge is 0.149 e. The highest BCUT2D eigenvalue weighted by Crippen LogP contribution is 2.19. The molecule has 0 unspecified atom stereocenters. The van der Waals surface area contributed by atoms with Crippen LogP contribution < -0.4 is 5.73 Å². The van der Waals surface area contributed by atoms with Gasteiger partial charge in [0, 0.05) is 6.07 Å². The van der Waals surface area contributed by atoms with E-state index in [0.29, 0.717) is 12.0 Å². The van der Waals surface area contributed by atoms with Crippen LogP contribution in [-0.4, -0.2) is 0 Å². The number of hydrogen-bond donors (Lipinski definition) is 1. The third-order valence-electron chi connectivity index (χ3n) is 1.70. The van der Waals surface area contributed by atoms with Crippen LogP contribution in [0.4, 0.5) is 14.5 Å². The highest BCUT2D eigenvalue weighted by molar-refractivity contribution is 5.48. The second-order valence-electron chi connectivity index (χ2n) is 2.71. The molecule has 0 heterocycles. The van der Waals surface area contributed by atoms with Gasteiger partial charge in [0.05, 0.1) is 5.69 Å². The molecule has 0 aliphatic rings. The van der Waals surface area contributed by atoms with Crippen LogP contribution in [0, 0.1) is 11.6 Å². The number of halogens is 2. The van der Waals surface area contributed by atoms with E-state index in [1.807, 2.05) is 6.92 Å². The lowest BCUT2D eigenvalue weighted by Gasteiger charge is -2.04. The van der Waals surface area contributed by atoms with E-state index in [4.69, 9.17) is 5.73 Å². The molecule has 0 aromatic heterocycles. The Morgan fingerprint density at radius 1 is 1.33 bits per heavy atom. The van der Waals surface area contributed by atoms with Gasteiger partial charge in [0.25, 0.3) is 0 Å². The van der Waals surface area contributed by atoms with Gasteiger partial charge in [-0.15, -0.1) is 0 Å². The number of rotatable bonds is 2. The Hall–Kier alpha value is -1.12. The number of benzene rings is 1. The lowest BCUT2D eigenvalue weighted by atomic mass is 10.1. The van der Waals surface area contributed by atoms with Crippen molar-refractivity contribution in [3.63, 3.8) is 0 Å². The summed E-state index contributed by atoms with van der Waals surface area (Å²) in [6.07, 6.45) is 1.44. The fourth-order valence-corrected chi connectivity index (χ4v) is 1.11. The van der Waals surface area contributed by atoms with Gasteiger partial charge < -0.3 is 5.73 Å². The first kappa shape index (κ1) is 8.97. The molecule has 1 nitrogen and oxygen atoms in total. The summed E-state index contributed by atoms with van der Waals surface area (Å²) in [5.41, 5.74) is 6.01. The Kier molecular flexibility index (Phi) is 2.63. The minimum absolute atomic E-state index is 0.0678. The number of anilines is 1. The molecule has 0 saturated carbocycles. The van der Waals surface area contributed by atoms with Crippen molar-refractivity contribution < 1.29 is 8.78 Å². The van der Waals surface area contributed by atoms with Gasteiger partial charge in [0.2, 0.25) is 0 Å². The van der Waals surface area contributed by atoms with E-state index < -0.39 is 11.6 Å². The summed E-state index contributed by atoms with van der Waals surface area (Å²) in [6.45, 7) is 1.93. The molecular weight excluding hydrogens is 160 g/mol. The number of nitrogen functional groups attached to an aromatic ring is 1. The Morgan fingerprint density at radius 3 is 2.58 bits per heavy atom. The second-order valence-corrected chi connectivity index (χ2v) is 2.71. The van der Waals surface area contributed by atoms with Crippen molar-refractivity contribution in [2.24, 2.45) is 0 Å². The molecule has 0 amide bonds. The van der Waals surface area contributed by atoms with Gasteiger partial charge in [-0.3, -0.25) is 0 Å². The van der Waals surface area contributed by atoms with E-state index in [-0.39, 0.29) is 5.69 Å². The fourth-order valence-electron chi connectivity index (χ4n) is 1.11. The highest BCUT2D eigenvalue weighted by Gasteiger charge is 2.06. The first-order valence-corrected chi connectivity index (χ1v) is 3.88. The predicted octanol–water partition coefficient (Wildman–Crippen LogP) is 2.50. The topological polar surface area (TPSA) is 26.0 Å². The number of hydrogen-bond acceptors (Lipinski definition) is 1. The summed E-state index contributed by atoms with van der Waals surface area (Å²) in [7, 11) is 0. The van der Waals surface area contributed by atoms with Crippen molar-refractivity contribution in [2.45, 2.75) is 19.8 Å². The molecule has 0 bridgehead atoms. The molecule has 0 aliphatic heterocycles. The van der Waals surface area contributed by atoms with Crippen molar-refractivity contribution in [2.75, 3.05) is 5.73 Å². The summed E-state index contributed by atoms with van der Waals surface area (Å²) >= 11 is 0. The molecule has 1 rings (SSSR count). The maximum absolute atomic E-state index is 12.8. The zero-order valence-electron chi connectivity index (χ0n) is 6.90. The molecule has 3 heteroatoms. The molecular formula is C9H11F2N. The highest BCUT2D eigenvalue weighted by atomic mass is 19.1. The van der Waals surface area contributed by atoms with E-state index in [0.717, 1.165) is 12.5 Å². The average Bonchev–Trinajstić information content (AvgIpc) is 2.00. The van der Waals surface area contributed by atoms with Gasteiger partial charge in [-0.05, 0) is 18.1 Å². The Labute approximate surface area is 70.2 Å². The summed E-state index contributed by atoms with van der Waals surface area (Å²) < 4.78 is 25.4. The minimum atomic E-state index is -0.668. The molecule has 12 heavy (non-hydrogen) atoms. The van der Waals surface area contributed by atoms with Crippen LogP contribution in [0.25, 0.3) is 0 Å². The van der Waals surface area contributed by atoms with Gasteiger partial charge in [-0.25, -0.2) is 8.78 Å². The molecule has 0 fully saturated rings. The minimum Gasteiger partial charge on any atom is -0.396 e. The predicted molar refractivity (Wildman–Crippen MR) is 44.8 cm³/mol. The Morgan fingerprint density at radius 2 is 2.00 bits per heavy atom. The van der Waals surface area contributed by atoms with Gasteiger partial charge >= 0.3 is 0 Å². The molecule has 0 radical (unpaired) electrons. The van der Waals surface area contributed by atoms with E-state index in [9.17, 15) is 8.78 Å². The number of nitrogens with two attached hydrogens (primary N) is 1. The summed E-state index contributed by atoms with van der Waals surface area (Å²) in [5.74, 6) is -1.23. The van der Waals surface area contributed by atoms with E-state index in [2.05, 4.69) is 0 Å². The molecule has 66 valence electrons.